The van der Waals surface area contributed by atoms with Crippen molar-refractivity contribution in [1.29, 1.82) is 0 Å². The Hall–Kier alpha value is -6.39. The van der Waals surface area contributed by atoms with E-state index in [1.807, 2.05) is 24.3 Å². The van der Waals surface area contributed by atoms with Gasteiger partial charge in [-0.25, -0.2) is 15.0 Å². The fourth-order valence-electron chi connectivity index (χ4n) is 8.81. The van der Waals surface area contributed by atoms with Gasteiger partial charge in [-0.05, 0) is 75.6 Å². The molecule has 2 heterocycles. The molecule has 0 amide bonds. The lowest BCUT2D eigenvalue weighted by atomic mass is 9.62. The highest BCUT2D eigenvalue weighted by molar-refractivity contribution is 6.19. The number of benzene rings is 7. The van der Waals surface area contributed by atoms with Gasteiger partial charge in [-0.15, -0.1) is 0 Å². The van der Waals surface area contributed by atoms with E-state index in [-0.39, 0.29) is 10.8 Å². The number of aromatic nitrogens is 4. The molecule has 1 aliphatic rings. The zero-order valence-corrected chi connectivity index (χ0v) is 31.7. The Morgan fingerprint density at radius 3 is 1.53 bits per heavy atom. The maximum absolute atomic E-state index is 5.10. The summed E-state index contributed by atoms with van der Waals surface area (Å²) in [6.07, 6.45) is 2.32. The van der Waals surface area contributed by atoms with Crippen LogP contribution in [0.4, 0.5) is 0 Å². The summed E-state index contributed by atoms with van der Waals surface area (Å²) in [6, 6.07) is 56.1. The average molecular weight is 711 g/mol. The normalized spacial score (nSPS) is 14.7. The quantitative estimate of drug-likeness (QED) is 0.179. The van der Waals surface area contributed by atoms with Crippen molar-refractivity contribution in [2.75, 3.05) is 0 Å². The van der Waals surface area contributed by atoms with Gasteiger partial charge in [0, 0.05) is 38.5 Å². The molecule has 9 aromatic rings. The third kappa shape index (κ3) is 5.55. The van der Waals surface area contributed by atoms with Gasteiger partial charge in [0.2, 0.25) is 0 Å². The minimum absolute atomic E-state index is 0.0284. The Labute approximate surface area is 322 Å². The van der Waals surface area contributed by atoms with Crippen LogP contribution < -0.4 is 0 Å². The molecule has 0 saturated carbocycles. The third-order valence-corrected chi connectivity index (χ3v) is 11.9. The lowest BCUT2D eigenvalue weighted by Gasteiger charge is -2.42. The van der Waals surface area contributed by atoms with E-state index in [9.17, 15) is 0 Å². The first kappa shape index (κ1) is 33.2. The molecule has 4 heteroatoms. The molecule has 7 aromatic carbocycles. The number of fused-ring (bicyclic) bond motifs is 7. The van der Waals surface area contributed by atoms with Crippen LogP contribution in [0.2, 0.25) is 0 Å². The molecule has 0 N–H and O–H groups in total. The second-order valence-corrected chi connectivity index (χ2v) is 16.3. The number of nitrogens with zero attached hydrogens (tertiary/aromatic N) is 4. The van der Waals surface area contributed by atoms with Crippen LogP contribution in [-0.2, 0) is 10.8 Å². The molecule has 0 spiro atoms. The van der Waals surface area contributed by atoms with Gasteiger partial charge in [-0.1, -0.05) is 161 Å². The predicted octanol–water partition coefficient (Wildman–Crippen LogP) is 13.1. The highest BCUT2D eigenvalue weighted by Gasteiger charge is 2.39. The number of hydrogen-bond donors (Lipinski definition) is 0. The molecule has 10 rings (SSSR count). The van der Waals surface area contributed by atoms with Gasteiger partial charge in [0.05, 0.1) is 11.0 Å². The zero-order valence-electron chi connectivity index (χ0n) is 31.7. The van der Waals surface area contributed by atoms with Crippen LogP contribution in [0.15, 0.2) is 158 Å². The van der Waals surface area contributed by atoms with Crippen LogP contribution in [0.3, 0.4) is 0 Å². The minimum Gasteiger partial charge on any atom is -0.308 e. The van der Waals surface area contributed by atoms with Crippen LogP contribution in [0.5, 0.6) is 0 Å². The van der Waals surface area contributed by atoms with Crippen molar-refractivity contribution in [2.45, 2.75) is 51.4 Å². The van der Waals surface area contributed by atoms with E-state index in [1.54, 1.807) is 0 Å². The molecule has 0 radical (unpaired) electrons. The summed E-state index contributed by atoms with van der Waals surface area (Å²) in [5.74, 6) is 1.95. The van der Waals surface area contributed by atoms with Crippen LogP contribution in [0.25, 0.3) is 83.6 Å². The first-order chi connectivity index (χ1) is 26.7. The molecule has 1 aliphatic carbocycles. The third-order valence-electron chi connectivity index (χ3n) is 11.9. The number of rotatable bonds is 5. The fourth-order valence-corrected chi connectivity index (χ4v) is 8.81. The highest BCUT2D eigenvalue weighted by Crippen LogP contribution is 2.51. The van der Waals surface area contributed by atoms with Gasteiger partial charge in [-0.2, -0.15) is 0 Å². The Balaban J connectivity index is 1.16. The number of hydrogen-bond acceptors (Lipinski definition) is 3. The molecule has 266 valence electrons. The topological polar surface area (TPSA) is 43.6 Å². The second kappa shape index (κ2) is 12.6. The Morgan fingerprint density at radius 1 is 0.400 bits per heavy atom. The van der Waals surface area contributed by atoms with E-state index < -0.39 is 0 Å². The predicted molar refractivity (Wildman–Crippen MR) is 229 cm³/mol. The monoisotopic (exact) mass is 710 g/mol. The van der Waals surface area contributed by atoms with E-state index >= 15 is 0 Å². The van der Waals surface area contributed by atoms with E-state index in [0.717, 1.165) is 34.4 Å². The molecular formula is C51H42N4. The second-order valence-electron chi connectivity index (χ2n) is 16.3. The SMILES string of the molecule is CC1(C)CCC(C)(C)c2c1ccc1c3ccc4ccccc4c3n(-c3ccc(-c4nc(-c5ccccc5)nc(-c5ccc(-c6ccccc6)cc5)n4)cc3)c21. The van der Waals surface area contributed by atoms with Crippen molar-refractivity contribution in [3.05, 3.63) is 169 Å². The summed E-state index contributed by atoms with van der Waals surface area (Å²) in [4.78, 5) is 15.2. The Morgan fingerprint density at radius 2 is 0.873 bits per heavy atom. The average Bonchev–Trinajstić information content (AvgIpc) is 3.58. The van der Waals surface area contributed by atoms with E-state index in [1.165, 1.54) is 55.7 Å². The van der Waals surface area contributed by atoms with Crippen molar-refractivity contribution in [2.24, 2.45) is 0 Å². The van der Waals surface area contributed by atoms with Crippen LogP contribution in [-0.4, -0.2) is 19.5 Å². The first-order valence-electron chi connectivity index (χ1n) is 19.3. The van der Waals surface area contributed by atoms with Crippen molar-refractivity contribution >= 4 is 32.6 Å². The van der Waals surface area contributed by atoms with Crippen molar-refractivity contribution in [1.82, 2.24) is 19.5 Å². The van der Waals surface area contributed by atoms with Crippen LogP contribution in [0.1, 0.15) is 51.7 Å². The van der Waals surface area contributed by atoms with Crippen LogP contribution >= 0.6 is 0 Å². The van der Waals surface area contributed by atoms with Crippen LogP contribution in [0, 0.1) is 0 Å². The summed E-state index contributed by atoms with van der Waals surface area (Å²) in [6.45, 7) is 9.69. The molecule has 4 nitrogen and oxygen atoms in total. The standard InChI is InChI=1S/C51H42N4/c1-50(2)31-32-51(3,4)44-43(50)30-29-42-41-28-25-35-15-11-12-18-40(35)45(41)55(46(42)44)39-26-23-38(24-27-39)49-53-47(36-16-9-6-10-17-36)52-48(54-49)37-21-19-34(20-22-37)33-13-7-5-8-14-33/h5-30H,31-32H2,1-4H3. The van der Waals surface area contributed by atoms with Crippen molar-refractivity contribution < 1.29 is 0 Å². The summed E-state index contributed by atoms with van der Waals surface area (Å²) < 4.78 is 2.54. The van der Waals surface area contributed by atoms with Gasteiger partial charge >= 0.3 is 0 Å². The summed E-state index contributed by atoms with van der Waals surface area (Å²) >= 11 is 0. The van der Waals surface area contributed by atoms with Crippen molar-refractivity contribution in [3.63, 3.8) is 0 Å². The maximum Gasteiger partial charge on any atom is 0.164 e. The summed E-state index contributed by atoms with van der Waals surface area (Å²) in [7, 11) is 0. The highest BCUT2D eigenvalue weighted by atomic mass is 15.0. The lowest BCUT2D eigenvalue weighted by molar-refractivity contribution is 0.334. The first-order valence-corrected chi connectivity index (χ1v) is 19.3. The van der Waals surface area contributed by atoms with Crippen molar-refractivity contribution in [3.8, 4) is 51.0 Å². The molecule has 55 heavy (non-hydrogen) atoms. The van der Waals surface area contributed by atoms with Gasteiger partial charge in [0.1, 0.15) is 0 Å². The summed E-state index contributed by atoms with van der Waals surface area (Å²) in [5.41, 5.74) is 11.9. The van der Waals surface area contributed by atoms with Gasteiger partial charge in [0.25, 0.3) is 0 Å². The van der Waals surface area contributed by atoms with E-state index in [4.69, 9.17) is 15.0 Å². The summed E-state index contributed by atoms with van der Waals surface area (Å²) in [5, 5.41) is 5.09. The zero-order chi connectivity index (χ0) is 37.3. The lowest BCUT2D eigenvalue weighted by Crippen LogP contribution is -2.34. The molecular weight excluding hydrogens is 669 g/mol. The minimum atomic E-state index is 0.0284. The molecule has 2 aromatic heterocycles. The molecule has 0 atom stereocenters. The fraction of sp³-hybridized carbons (Fsp3) is 0.157. The van der Waals surface area contributed by atoms with E-state index in [2.05, 4.69) is 166 Å². The van der Waals surface area contributed by atoms with E-state index in [0.29, 0.717) is 17.5 Å². The Kier molecular flexibility index (Phi) is 7.60. The molecule has 0 aliphatic heterocycles. The molecule has 0 saturated heterocycles. The maximum atomic E-state index is 5.10. The smallest absolute Gasteiger partial charge is 0.164 e. The largest absolute Gasteiger partial charge is 0.308 e. The molecule has 0 bridgehead atoms. The van der Waals surface area contributed by atoms with Gasteiger partial charge in [-0.3, -0.25) is 0 Å². The molecule has 0 fully saturated rings. The van der Waals surface area contributed by atoms with Gasteiger partial charge in [0.15, 0.2) is 17.5 Å². The molecule has 0 unspecified atom stereocenters. The van der Waals surface area contributed by atoms with Gasteiger partial charge < -0.3 is 4.57 Å². The Bertz CT molecular complexity index is 2880.